The van der Waals surface area contributed by atoms with Gasteiger partial charge in [0, 0.05) is 11.9 Å². The van der Waals surface area contributed by atoms with E-state index in [1.165, 1.54) is 19.3 Å². The topological polar surface area (TPSA) is 9.23 Å². The minimum Gasteiger partial charge on any atom is -0.365 e. The molecule has 0 N–H and O–H groups in total. The molecular formula is C9H18OS. The highest BCUT2D eigenvalue weighted by atomic mass is 32.2. The van der Waals surface area contributed by atoms with Crippen LogP contribution in [0.4, 0.5) is 0 Å². The second-order valence-corrected chi connectivity index (χ2v) is 5.45. The van der Waals surface area contributed by atoms with Crippen molar-refractivity contribution in [1.29, 1.82) is 0 Å². The monoisotopic (exact) mass is 174 g/mol. The Bertz CT molecular complexity index is 121. The third kappa shape index (κ3) is 3.04. The van der Waals surface area contributed by atoms with Gasteiger partial charge in [0.25, 0.3) is 0 Å². The quantitative estimate of drug-likeness (QED) is 0.636. The molecule has 1 nitrogen and oxygen atoms in total. The van der Waals surface area contributed by atoms with Crippen molar-refractivity contribution in [1.82, 2.24) is 0 Å². The molecule has 0 radical (unpaired) electrons. The van der Waals surface area contributed by atoms with Crippen molar-refractivity contribution >= 4 is 11.8 Å². The lowest BCUT2D eigenvalue weighted by molar-refractivity contribution is 0.0402. The molecule has 0 saturated carbocycles. The molecule has 0 bridgehead atoms. The van der Waals surface area contributed by atoms with Gasteiger partial charge in [0.1, 0.15) is 4.93 Å². The van der Waals surface area contributed by atoms with E-state index in [9.17, 15) is 0 Å². The first-order valence-electron chi connectivity index (χ1n) is 4.46. The van der Waals surface area contributed by atoms with E-state index in [-0.39, 0.29) is 4.93 Å². The summed E-state index contributed by atoms with van der Waals surface area (Å²) in [7, 11) is 0. The smallest absolute Gasteiger partial charge is 0.108 e. The van der Waals surface area contributed by atoms with E-state index in [0.29, 0.717) is 0 Å². The average molecular weight is 174 g/mol. The fourth-order valence-corrected chi connectivity index (χ4v) is 2.98. The molecule has 1 heterocycles. The second-order valence-electron chi connectivity index (χ2n) is 3.57. The Hall–Kier alpha value is 0.310. The van der Waals surface area contributed by atoms with Gasteiger partial charge >= 0.3 is 0 Å². The minimum absolute atomic E-state index is 0.0675. The lowest BCUT2D eigenvalue weighted by Crippen LogP contribution is -2.30. The standard InChI is InChI=1S/C9H18OS/c1-4-5-8-6-7-10-9(2,3)11-8/h8H,4-7H2,1-3H3. The highest BCUT2D eigenvalue weighted by Gasteiger charge is 2.28. The number of hydrogen-bond acceptors (Lipinski definition) is 2. The average Bonchev–Trinajstić information content (AvgIpc) is 1.85. The predicted molar refractivity (Wildman–Crippen MR) is 50.9 cm³/mol. The summed E-state index contributed by atoms with van der Waals surface area (Å²) in [4.78, 5) is 0.0675. The van der Waals surface area contributed by atoms with Gasteiger partial charge in [-0.15, -0.1) is 11.8 Å². The molecule has 1 saturated heterocycles. The molecule has 0 aromatic rings. The summed E-state index contributed by atoms with van der Waals surface area (Å²) in [5.41, 5.74) is 0. The molecule has 11 heavy (non-hydrogen) atoms. The zero-order valence-electron chi connectivity index (χ0n) is 7.72. The highest BCUT2D eigenvalue weighted by Crippen LogP contribution is 2.37. The number of ether oxygens (including phenoxy) is 1. The van der Waals surface area contributed by atoms with E-state index in [1.54, 1.807) is 0 Å². The molecule has 0 aromatic carbocycles. The molecule has 1 rings (SSSR count). The largest absolute Gasteiger partial charge is 0.365 e. The fraction of sp³-hybridized carbons (Fsp3) is 1.00. The second kappa shape index (κ2) is 3.81. The Morgan fingerprint density at radius 2 is 2.27 bits per heavy atom. The molecular weight excluding hydrogens is 156 g/mol. The maximum atomic E-state index is 5.60. The van der Waals surface area contributed by atoms with Crippen molar-refractivity contribution in [2.45, 2.75) is 50.2 Å². The Balaban J connectivity index is 2.34. The van der Waals surface area contributed by atoms with Gasteiger partial charge in [-0.2, -0.15) is 0 Å². The summed E-state index contributed by atoms with van der Waals surface area (Å²) in [6, 6.07) is 0. The van der Waals surface area contributed by atoms with Gasteiger partial charge in [-0.3, -0.25) is 0 Å². The first-order valence-corrected chi connectivity index (χ1v) is 5.34. The molecule has 66 valence electrons. The molecule has 0 aromatic heterocycles. The third-order valence-corrected chi connectivity index (χ3v) is 3.44. The first-order chi connectivity index (χ1) is 5.14. The van der Waals surface area contributed by atoms with Crippen LogP contribution < -0.4 is 0 Å². The summed E-state index contributed by atoms with van der Waals surface area (Å²) < 4.78 is 5.60. The van der Waals surface area contributed by atoms with Crippen LogP contribution in [0.15, 0.2) is 0 Å². The van der Waals surface area contributed by atoms with Gasteiger partial charge in [-0.05, 0) is 26.7 Å². The van der Waals surface area contributed by atoms with Crippen LogP contribution in [0.2, 0.25) is 0 Å². The van der Waals surface area contributed by atoms with E-state index in [2.05, 4.69) is 20.8 Å². The van der Waals surface area contributed by atoms with Gasteiger partial charge in [0.05, 0.1) is 0 Å². The van der Waals surface area contributed by atoms with Crippen LogP contribution in [0.1, 0.15) is 40.0 Å². The highest BCUT2D eigenvalue weighted by molar-refractivity contribution is 8.01. The molecule has 0 amide bonds. The Morgan fingerprint density at radius 1 is 1.55 bits per heavy atom. The van der Waals surface area contributed by atoms with Crippen LogP contribution in [-0.2, 0) is 4.74 Å². The molecule has 1 unspecified atom stereocenters. The van der Waals surface area contributed by atoms with Crippen molar-refractivity contribution in [2.75, 3.05) is 6.61 Å². The van der Waals surface area contributed by atoms with Crippen molar-refractivity contribution < 1.29 is 4.74 Å². The summed E-state index contributed by atoms with van der Waals surface area (Å²) in [5, 5.41) is 0.837. The van der Waals surface area contributed by atoms with Crippen molar-refractivity contribution in [2.24, 2.45) is 0 Å². The van der Waals surface area contributed by atoms with Gasteiger partial charge in [0.2, 0.25) is 0 Å². The van der Waals surface area contributed by atoms with Crippen LogP contribution in [0.5, 0.6) is 0 Å². The number of hydrogen-bond donors (Lipinski definition) is 0. The van der Waals surface area contributed by atoms with Gasteiger partial charge in [-0.25, -0.2) is 0 Å². The molecule has 0 spiro atoms. The SMILES string of the molecule is CCCC1CCOC(C)(C)S1. The molecule has 1 fully saturated rings. The van der Waals surface area contributed by atoms with E-state index in [0.717, 1.165) is 11.9 Å². The van der Waals surface area contributed by atoms with Crippen LogP contribution in [0.25, 0.3) is 0 Å². The summed E-state index contributed by atoms with van der Waals surface area (Å²) in [6.07, 6.45) is 3.88. The van der Waals surface area contributed by atoms with E-state index in [1.807, 2.05) is 11.8 Å². The lowest BCUT2D eigenvalue weighted by atomic mass is 10.2. The van der Waals surface area contributed by atoms with Crippen molar-refractivity contribution in [3.8, 4) is 0 Å². The van der Waals surface area contributed by atoms with Crippen LogP contribution in [0.3, 0.4) is 0 Å². The Kier molecular flexibility index (Phi) is 3.26. The van der Waals surface area contributed by atoms with E-state index < -0.39 is 0 Å². The first kappa shape index (κ1) is 9.40. The van der Waals surface area contributed by atoms with Gasteiger partial charge < -0.3 is 4.74 Å². The summed E-state index contributed by atoms with van der Waals surface area (Å²) >= 11 is 1.99. The molecule has 1 atom stereocenters. The minimum atomic E-state index is 0.0675. The third-order valence-electron chi connectivity index (χ3n) is 1.95. The van der Waals surface area contributed by atoms with E-state index in [4.69, 9.17) is 4.74 Å². The maximum Gasteiger partial charge on any atom is 0.108 e. The Labute approximate surface area is 73.9 Å². The molecule has 1 aliphatic heterocycles. The van der Waals surface area contributed by atoms with Crippen LogP contribution in [0, 0.1) is 0 Å². The normalized spacial score (nSPS) is 30.3. The maximum absolute atomic E-state index is 5.60. The Morgan fingerprint density at radius 3 is 2.82 bits per heavy atom. The summed E-state index contributed by atoms with van der Waals surface area (Å²) in [6.45, 7) is 7.53. The predicted octanol–water partition coefficient (Wildman–Crippen LogP) is 3.04. The fourth-order valence-electron chi connectivity index (χ4n) is 1.46. The van der Waals surface area contributed by atoms with E-state index >= 15 is 0 Å². The van der Waals surface area contributed by atoms with Crippen LogP contribution in [-0.4, -0.2) is 16.8 Å². The molecule has 0 aliphatic carbocycles. The lowest BCUT2D eigenvalue weighted by Gasteiger charge is -2.34. The molecule has 1 aliphatic rings. The number of thioether (sulfide) groups is 1. The van der Waals surface area contributed by atoms with Gasteiger partial charge in [0.15, 0.2) is 0 Å². The van der Waals surface area contributed by atoms with Crippen LogP contribution >= 0.6 is 11.8 Å². The number of rotatable bonds is 2. The summed E-state index contributed by atoms with van der Waals surface area (Å²) in [5.74, 6) is 0. The zero-order valence-corrected chi connectivity index (χ0v) is 8.54. The van der Waals surface area contributed by atoms with Crippen molar-refractivity contribution in [3.63, 3.8) is 0 Å². The molecule has 2 heteroatoms. The van der Waals surface area contributed by atoms with Crippen molar-refractivity contribution in [3.05, 3.63) is 0 Å². The zero-order chi connectivity index (χ0) is 8.32. The van der Waals surface area contributed by atoms with Gasteiger partial charge in [-0.1, -0.05) is 13.3 Å².